The van der Waals surface area contributed by atoms with Crippen LogP contribution in [0, 0.1) is 0 Å². The zero-order chi connectivity index (χ0) is 8.55. The summed E-state index contributed by atoms with van der Waals surface area (Å²) in [4.78, 5) is 11.7. The van der Waals surface area contributed by atoms with Crippen molar-refractivity contribution in [3.63, 3.8) is 0 Å². The lowest BCUT2D eigenvalue weighted by Crippen LogP contribution is -1.97. The third-order valence-corrected chi connectivity index (χ3v) is 1.48. The van der Waals surface area contributed by atoms with Crippen molar-refractivity contribution in [3.05, 3.63) is 18.3 Å². The average Bonchev–Trinajstić information content (AvgIpc) is 2.03. The minimum Gasteiger partial charge on any atom is -0.384 e. The van der Waals surface area contributed by atoms with Crippen LogP contribution in [0.25, 0.3) is 11.0 Å². The van der Waals surface area contributed by atoms with E-state index in [1.165, 1.54) is 0 Å². The van der Waals surface area contributed by atoms with Crippen molar-refractivity contribution < 1.29 is 0 Å². The largest absolute Gasteiger partial charge is 0.384 e. The SMILES string of the molecule is Nc1ccc2cnc(N)nc2n1. The van der Waals surface area contributed by atoms with Crippen LogP contribution >= 0.6 is 0 Å². The van der Waals surface area contributed by atoms with Gasteiger partial charge in [0.05, 0.1) is 0 Å². The summed E-state index contributed by atoms with van der Waals surface area (Å²) < 4.78 is 0. The molecule has 0 spiro atoms. The normalized spacial score (nSPS) is 10.3. The number of anilines is 2. The number of fused-ring (bicyclic) bond motifs is 1. The first-order chi connectivity index (χ1) is 5.75. The summed E-state index contributed by atoms with van der Waals surface area (Å²) in [6.45, 7) is 0. The summed E-state index contributed by atoms with van der Waals surface area (Å²) >= 11 is 0. The molecule has 2 heterocycles. The van der Waals surface area contributed by atoms with E-state index in [9.17, 15) is 0 Å². The fourth-order valence-corrected chi connectivity index (χ4v) is 0.937. The van der Waals surface area contributed by atoms with Crippen LogP contribution < -0.4 is 11.5 Å². The van der Waals surface area contributed by atoms with Crippen molar-refractivity contribution in [1.82, 2.24) is 15.0 Å². The van der Waals surface area contributed by atoms with Crippen molar-refractivity contribution in [2.24, 2.45) is 0 Å². The smallest absolute Gasteiger partial charge is 0.222 e. The lowest BCUT2D eigenvalue weighted by Gasteiger charge is -1.97. The van der Waals surface area contributed by atoms with Gasteiger partial charge in [0.25, 0.3) is 0 Å². The molecule has 0 radical (unpaired) electrons. The van der Waals surface area contributed by atoms with Gasteiger partial charge in [0.15, 0.2) is 5.65 Å². The number of aromatic nitrogens is 3. The maximum Gasteiger partial charge on any atom is 0.222 e. The summed E-state index contributed by atoms with van der Waals surface area (Å²) in [5.41, 5.74) is 11.4. The Labute approximate surface area is 68.5 Å². The molecular weight excluding hydrogens is 154 g/mol. The monoisotopic (exact) mass is 161 g/mol. The molecule has 0 saturated carbocycles. The third-order valence-electron chi connectivity index (χ3n) is 1.48. The van der Waals surface area contributed by atoms with Crippen LogP contribution in [0.1, 0.15) is 0 Å². The topological polar surface area (TPSA) is 90.7 Å². The fraction of sp³-hybridized carbons (Fsp3) is 0. The Bertz CT molecular complexity index is 388. The van der Waals surface area contributed by atoms with Crippen LogP contribution in [-0.2, 0) is 0 Å². The van der Waals surface area contributed by atoms with Gasteiger partial charge in [-0.2, -0.15) is 4.98 Å². The first kappa shape index (κ1) is 6.78. The molecule has 2 rings (SSSR count). The van der Waals surface area contributed by atoms with E-state index >= 15 is 0 Å². The van der Waals surface area contributed by atoms with E-state index in [1.807, 2.05) is 0 Å². The number of hydrogen-bond acceptors (Lipinski definition) is 5. The Morgan fingerprint density at radius 2 is 1.92 bits per heavy atom. The second-order valence-corrected chi connectivity index (χ2v) is 2.38. The lowest BCUT2D eigenvalue weighted by molar-refractivity contribution is 1.20. The van der Waals surface area contributed by atoms with Gasteiger partial charge in [-0.05, 0) is 12.1 Å². The molecule has 0 aliphatic carbocycles. The Kier molecular flexibility index (Phi) is 1.30. The molecule has 4 N–H and O–H groups in total. The highest BCUT2D eigenvalue weighted by Crippen LogP contribution is 2.10. The third kappa shape index (κ3) is 1.01. The first-order valence-electron chi connectivity index (χ1n) is 3.40. The van der Waals surface area contributed by atoms with Crippen molar-refractivity contribution in [2.45, 2.75) is 0 Å². The van der Waals surface area contributed by atoms with Crippen LogP contribution in [0.2, 0.25) is 0 Å². The van der Waals surface area contributed by atoms with Gasteiger partial charge >= 0.3 is 0 Å². The Morgan fingerprint density at radius 1 is 1.08 bits per heavy atom. The maximum absolute atomic E-state index is 5.46. The molecule has 0 bridgehead atoms. The van der Waals surface area contributed by atoms with Crippen LogP contribution in [0.3, 0.4) is 0 Å². The molecule has 0 aliphatic heterocycles. The number of nitrogens with two attached hydrogens (primary N) is 2. The average molecular weight is 161 g/mol. The van der Waals surface area contributed by atoms with Crippen LogP contribution in [0.5, 0.6) is 0 Å². The van der Waals surface area contributed by atoms with Crippen molar-refractivity contribution in [1.29, 1.82) is 0 Å². The van der Waals surface area contributed by atoms with Gasteiger partial charge in [-0.3, -0.25) is 0 Å². The summed E-state index contributed by atoms with van der Waals surface area (Å²) in [5.74, 6) is 0.640. The van der Waals surface area contributed by atoms with E-state index in [1.54, 1.807) is 18.3 Å². The molecule has 0 saturated heterocycles. The van der Waals surface area contributed by atoms with E-state index in [-0.39, 0.29) is 5.95 Å². The highest BCUT2D eigenvalue weighted by molar-refractivity contribution is 5.75. The molecule has 0 atom stereocenters. The highest BCUT2D eigenvalue weighted by Gasteiger charge is 1.97. The minimum atomic E-state index is 0.209. The Morgan fingerprint density at radius 3 is 2.75 bits per heavy atom. The molecule has 0 aromatic carbocycles. The first-order valence-corrected chi connectivity index (χ1v) is 3.40. The van der Waals surface area contributed by atoms with Crippen LogP contribution in [-0.4, -0.2) is 15.0 Å². The molecular formula is C7H7N5. The van der Waals surface area contributed by atoms with Gasteiger partial charge in [0.1, 0.15) is 5.82 Å². The molecule has 2 aromatic heterocycles. The molecule has 2 aromatic rings. The molecule has 0 fully saturated rings. The quantitative estimate of drug-likeness (QED) is 0.575. The van der Waals surface area contributed by atoms with Gasteiger partial charge in [-0.1, -0.05) is 0 Å². The predicted octanol–water partition coefficient (Wildman–Crippen LogP) is 0.189. The predicted molar refractivity (Wildman–Crippen MR) is 46.2 cm³/mol. The summed E-state index contributed by atoms with van der Waals surface area (Å²) in [7, 11) is 0. The van der Waals surface area contributed by atoms with Gasteiger partial charge in [0.2, 0.25) is 5.95 Å². The molecule has 0 aliphatic rings. The number of rotatable bonds is 0. The second kappa shape index (κ2) is 2.30. The molecule has 5 nitrogen and oxygen atoms in total. The molecule has 12 heavy (non-hydrogen) atoms. The van der Waals surface area contributed by atoms with Gasteiger partial charge in [-0.15, -0.1) is 0 Å². The summed E-state index contributed by atoms with van der Waals surface area (Å²) in [6.07, 6.45) is 1.62. The molecule has 0 amide bonds. The van der Waals surface area contributed by atoms with Crippen LogP contribution in [0.15, 0.2) is 18.3 Å². The number of hydrogen-bond donors (Lipinski definition) is 2. The van der Waals surface area contributed by atoms with E-state index in [0.717, 1.165) is 5.39 Å². The van der Waals surface area contributed by atoms with Gasteiger partial charge in [0, 0.05) is 11.6 Å². The summed E-state index contributed by atoms with van der Waals surface area (Å²) in [6, 6.07) is 3.50. The van der Waals surface area contributed by atoms with Crippen molar-refractivity contribution in [3.8, 4) is 0 Å². The number of nitrogens with zero attached hydrogens (tertiary/aromatic N) is 3. The van der Waals surface area contributed by atoms with Gasteiger partial charge < -0.3 is 11.5 Å². The van der Waals surface area contributed by atoms with Gasteiger partial charge in [-0.25, -0.2) is 9.97 Å². The lowest BCUT2D eigenvalue weighted by atomic mass is 10.3. The second-order valence-electron chi connectivity index (χ2n) is 2.38. The van der Waals surface area contributed by atoms with Crippen LogP contribution in [0.4, 0.5) is 11.8 Å². The van der Waals surface area contributed by atoms with Crippen molar-refractivity contribution in [2.75, 3.05) is 11.5 Å². The van der Waals surface area contributed by atoms with Crippen molar-refractivity contribution >= 4 is 22.8 Å². The molecule has 60 valence electrons. The summed E-state index contributed by atoms with van der Waals surface area (Å²) in [5, 5.41) is 0.832. The van der Waals surface area contributed by atoms with E-state index in [2.05, 4.69) is 15.0 Å². The fourth-order valence-electron chi connectivity index (χ4n) is 0.937. The maximum atomic E-state index is 5.46. The highest BCUT2D eigenvalue weighted by atomic mass is 15.0. The zero-order valence-corrected chi connectivity index (χ0v) is 6.23. The number of nitrogen functional groups attached to an aromatic ring is 2. The van der Waals surface area contributed by atoms with E-state index < -0.39 is 0 Å². The zero-order valence-electron chi connectivity index (χ0n) is 6.23. The minimum absolute atomic E-state index is 0.209. The number of pyridine rings is 1. The van der Waals surface area contributed by atoms with E-state index in [4.69, 9.17) is 11.5 Å². The molecule has 5 heteroatoms. The Balaban J connectivity index is 2.80. The Hall–Kier alpha value is -1.91. The van der Waals surface area contributed by atoms with E-state index in [0.29, 0.717) is 11.5 Å². The molecule has 0 unspecified atom stereocenters. The standard InChI is InChI=1S/C7H7N5/c8-5-2-1-4-3-10-7(9)12-6(4)11-5/h1-3H,(H4,8,9,10,11,12).